The standard InChI is InChI=1S/C16H15Cl3O3/c1-9(2)22-15-5-10(3-4-12(15)17)8-21-16-13(18)6-11(20)7-14(16)19/h3-7,9,20H,8H2,1-2H3. The molecule has 2 aromatic carbocycles. The molecule has 0 amide bonds. The van der Waals surface area contributed by atoms with E-state index in [2.05, 4.69) is 0 Å². The molecule has 0 radical (unpaired) electrons. The van der Waals surface area contributed by atoms with E-state index in [1.54, 1.807) is 6.07 Å². The number of benzene rings is 2. The van der Waals surface area contributed by atoms with Crippen LogP contribution in [-0.4, -0.2) is 11.2 Å². The Bertz CT molecular complexity index is 649. The molecule has 3 nitrogen and oxygen atoms in total. The minimum Gasteiger partial charge on any atom is -0.508 e. The second-order valence-corrected chi connectivity index (χ2v) is 6.18. The first-order valence-corrected chi connectivity index (χ1v) is 7.76. The summed E-state index contributed by atoms with van der Waals surface area (Å²) >= 11 is 18.1. The first-order valence-electron chi connectivity index (χ1n) is 6.62. The monoisotopic (exact) mass is 360 g/mol. The molecular weight excluding hydrogens is 347 g/mol. The summed E-state index contributed by atoms with van der Waals surface area (Å²) in [6, 6.07) is 8.14. The van der Waals surface area contributed by atoms with Gasteiger partial charge in [0.05, 0.1) is 21.2 Å². The van der Waals surface area contributed by atoms with E-state index in [0.717, 1.165) is 5.56 Å². The van der Waals surface area contributed by atoms with Gasteiger partial charge in [0.1, 0.15) is 18.1 Å². The lowest BCUT2D eigenvalue weighted by molar-refractivity contribution is 0.241. The van der Waals surface area contributed by atoms with Crippen molar-refractivity contribution >= 4 is 34.8 Å². The number of phenols is 1. The molecule has 0 spiro atoms. The molecule has 0 unspecified atom stereocenters. The maximum atomic E-state index is 9.40. The first kappa shape index (κ1) is 17.1. The minimum absolute atomic E-state index is 0.0125. The first-order chi connectivity index (χ1) is 10.4. The third-order valence-electron chi connectivity index (χ3n) is 2.72. The molecule has 0 aliphatic rings. The van der Waals surface area contributed by atoms with Crippen LogP contribution in [0.4, 0.5) is 0 Å². The lowest BCUT2D eigenvalue weighted by Crippen LogP contribution is -2.06. The van der Waals surface area contributed by atoms with E-state index in [0.29, 0.717) is 16.5 Å². The van der Waals surface area contributed by atoms with E-state index in [-0.39, 0.29) is 28.5 Å². The Kier molecular flexibility index (Phi) is 5.68. The zero-order valence-corrected chi connectivity index (χ0v) is 14.3. The van der Waals surface area contributed by atoms with Crippen molar-refractivity contribution in [1.29, 1.82) is 0 Å². The van der Waals surface area contributed by atoms with Crippen LogP contribution in [0.3, 0.4) is 0 Å². The highest BCUT2D eigenvalue weighted by Crippen LogP contribution is 2.37. The third kappa shape index (κ3) is 4.35. The molecule has 22 heavy (non-hydrogen) atoms. The van der Waals surface area contributed by atoms with Crippen LogP contribution in [0.2, 0.25) is 15.1 Å². The van der Waals surface area contributed by atoms with Gasteiger partial charge in [0.25, 0.3) is 0 Å². The van der Waals surface area contributed by atoms with Crippen molar-refractivity contribution in [3.8, 4) is 17.2 Å². The molecule has 0 heterocycles. The molecule has 0 aliphatic heterocycles. The Morgan fingerprint density at radius 2 is 1.64 bits per heavy atom. The highest BCUT2D eigenvalue weighted by atomic mass is 35.5. The molecule has 118 valence electrons. The topological polar surface area (TPSA) is 38.7 Å². The minimum atomic E-state index is -0.0125. The Hall–Kier alpha value is -1.29. The van der Waals surface area contributed by atoms with Gasteiger partial charge in [-0.1, -0.05) is 40.9 Å². The zero-order valence-electron chi connectivity index (χ0n) is 12.1. The molecule has 2 aromatic rings. The number of phenolic OH excluding ortho intramolecular Hbond substituents is 1. The fourth-order valence-corrected chi connectivity index (χ4v) is 2.57. The van der Waals surface area contributed by atoms with Crippen LogP contribution in [0.5, 0.6) is 17.2 Å². The summed E-state index contributed by atoms with van der Waals surface area (Å²) in [6.07, 6.45) is 0.0228. The van der Waals surface area contributed by atoms with Crippen molar-refractivity contribution < 1.29 is 14.6 Å². The number of hydrogen-bond donors (Lipinski definition) is 1. The van der Waals surface area contributed by atoms with Crippen LogP contribution < -0.4 is 9.47 Å². The molecule has 2 rings (SSSR count). The van der Waals surface area contributed by atoms with E-state index in [4.69, 9.17) is 44.3 Å². The predicted molar refractivity (Wildman–Crippen MR) is 89.7 cm³/mol. The van der Waals surface area contributed by atoms with E-state index < -0.39 is 0 Å². The Labute approximate surface area is 144 Å². The SMILES string of the molecule is CC(C)Oc1cc(COc2c(Cl)cc(O)cc2Cl)ccc1Cl. The van der Waals surface area contributed by atoms with E-state index in [9.17, 15) is 5.11 Å². The number of halogens is 3. The van der Waals surface area contributed by atoms with Gasteiger partial charge in [-0.15, -0.1) is 0 Å². The van der Waals surface area contributed by atoms with Crippen LogP contribution in [-0.2, 0) is 6.61 Å². The fraction of sp³-hybridized carbons (Fsp3) is 0.250. The average Bonchev–Trinajstić information content (AvgIpc) is 2.40. The fourth-order valence-electron chi connectivity index (χ4n) is 1.82. The van der Waals surface area contributed by atoms with Gasteiger partial charge >= 0.3 is 0 Å². The molecule has 6 heteroatoms. The molecule has 0 atom stereocenters. The van der Waals surface area contributed by atoms with Gasteiger partial charge in [0.2, 0.25) is 0 Å². The van der Waals surface area contributed by atoms with Gasteiger partial charge in [-0.25, -0.2) is 0 Å². The normalized spacial score (nSPS) is 10.8. The van der Waals surface area contributed by atoms with Crippen LogP contribution >= 0.6 is 34.8 Å². The van der Waals surface area contributed by atoms with Crippen molar-refractivity contribution in [2.45, 2.75) is 26.6 Å². The summed E-state index contributed by atoms with van der Waals surface area (Å²) in [4.78, 5) is 0. The lowest BCUT2D eigenvalue weighted by Gasteiger charge is -2.14. The predicted octanol–water partition coefficient (Wildman–Crippen LogP) is 5.72. The van der Waals surface area contributed by atoms with E-state index >= 15 is 0 Å². The van der Waals surface area contributed by atoms with Gasteiger partial charge in [-0.2, -0.15) is 0 Å². The van der Waals surface area contributed by atoms with Gasteiger partial charge < -0.3 is 14.6 Å². The third-order valence-corrected chi connectivity index (χ3v) is 3.60. The number of ether oxygens (including phenoxy) is 2. The van der Waals surface area contributed by atoms with Crippen LogP contribution in [0.25, 0.3) is 0 Å². The molecule has 1 N–H and O–H groups in total. The van der Waals surface area contributed by atoms with Gasteiger partial charge in [-0.3, -0.25) is 0 Å². The lowest BCUT2D eigenvalue weighted by atomic mass is 10.2. The highest BCUT2D eigenvalue weighted by molar-refractivity contribution is 6.37. The maximum absolute atomic E-state index is 9.40. The molecular formula is C16H15Cl3O3. The number of aromatic hydroxyl groups is 1. The molecule has 0 saturated heterocycles. The van der Waals surface area contributed by atoms with E-state index in [1.165, 1.54) is 12.1 Å². The Morgan fingerprint density at radius 3 is 2.23 bits per heavy atom. The largest absolute Gasteiger partial charge is 0.508 e. The van der Waals surface area contributed by atoms with Gasteiger partial charge in [-0.05, 0) is 31.5 Å². The molecule has 0 aromatic heterocycles. The quantitative estimate of drug-likeness (QED) is 0.740. The Morgan fingerprint density at radius 1 is 1.00 bits per heavy atom. The summed E-state index contributed by atoms with van der Waals surface area (Å²) in [5.41, 5.74) is 0.861. The molecule has 0 aliphatic carbocycles. The van der Waals surface area contributed by atoms with Crippen LogP contribution in [0.15, 0.2) is 30.3 Å². The number of hydrogen-bond acceptors (Lipinski definition) is 3. The van der Waals surface area contributed by atoms with Crippen molar-refractivity contribution in [3.05, 3.63) is 51.0 Å². The van der Waals surface area contributed by atoms with Crippen molar-refractivity contribution in [1.82, 2.24) is 0 Å². The van der Waals surface area contributed by atoms with Crippen molar-refractivity contribution in [3.63, 3.8) is 0 Å². The number of rotatable bonds is 5. The second-order valence-electron chi connectivity index (χ2n) is 4.96. The summed E-state index contributed by atoms with van der Waals surface area (Å²) in [6.45, 7) is 4.10. The Balaban J connectivity index is 2.15. The van der Waals surface area contributed by atoms with Crippen LogP contribution in [0, 0.1) is 0 Å². The smallest absolute Gasteiger partial charge is 0.157 e. The molecule has 0 bridgehead atoms. The summed E-state index contributed by atoms with van der Waals surface area (Å²) < 4.78 is 11.3. The van der Waals surface area contributed by atoms with Crippen molar-refractivity contribution in [2.24, 2.45) is 0 Å². The second kappa shape index (κ2) is 7.32. The van der Waals surface area contributed by atoms with Crippen LogP contribution in [0.1, 0.15) is 19.4 Å². The van der Waals surface area contributed by atoms with Gasteiger partial charge in [0.15, 0.2) is 5.75 Å². The highest BCUT2D eigenvalue weighted by Gasteiger charge is 2.11. The maximum Gasteiger partial charge on any atom is 0.157 e. The van der Waals surface area contributed by atoms with Gasteiger partial charge in [0, 0.05) is 12.1 Å². The van der Waals surface area contributed by atoms with Crippen molar-refractivity contribution in [2.75, 3.05) is 0 Å². The summed E-state index contributed by atoms with van der Waals surface area (Å²) in [7, 11) is 0. The molecule has 0 saturated carbocycles. The summed E-state index contributed by atoms with van der Waals surface area (Å²) in [5, 5.41) is 10.4. The molecule has 0 fully saturated rings. The van der Waals surface area contributed by atoms with E-state index in [1.807, 2.05) is 26.0 Å². The summed E-state index contributed by atoms with van der Waals surface area (Å²) in [5.74, 6) is 0.907. The zero-order chi connectivity index (χ0) is 16.3. The average molecular weight is 362 g/mol.